The Kier molecular flexibility index (Phi) is 7.95. The van der Waals surface area contributed by atoms with Crippen LogP contribution in [0.1, 0.15) is 50.8 Å². The topological polar surface area (TPSA) is 103 Å². The quantitative estimate of drug-likeness (QED) is 0.237. The molecule has 41 heavy (non-hydrogen) atoms. The molecule has 0 bridgehead atoms. The lowest BCUT2D eigenvalue weighted by Crippen LogP contribution is -2.57. The molecule has 0 spiro atoms. The van der Waals surface area contributed by atoms with Gasteiger partial charge in [0.25, 0.3) is 0 Å². The van der Waals surface area contributed by atoms with Crippen molar-refractivity contribution in [2.24, 2.45) is 17.1 Å². The number of rotatable bonds is 9. The number of nitrogens with two attached hydrogens (primary N) is 1. The third-order valence-electron chi connectivity index (χ3n) is 8.46. The summed E-state index contributed by atoms with van der Waals surface area (Å²) in [4.78, 5) is 29.9. The summed E-state index contributed by atoms with van der Waals surface area (Å²) in [6.45, 7) is 6.03. The zero-order valence-corrected chi connectivity index (χ0v) is 24.8. The van der Waals surface area contributed by atoms with E-state index in [-0.39, 0.29) is 29.6 Å². The van der Waals surface area contributed by atoms with E-state index in [9.17, 15) is 9.59 Å². The minimum absolute atomic E-state index is 0.0975. The Hall–Kier alpha value is -3.68. The second kappa shape index (κ2) is 11.3. The molecule has 3 unspecified atom stereocenters. The average molecular weight is 591 g/mol. The first-order valence-corrected chi connectivity index (χ1v) is 14.3. The molecule has 2 heterocycles. The number of primary amides is 1. The number of aromatic nitrogens is 3. The van der Waals surface area contributed by atoms with E-state index in [0.717, 1.165) is 34.6 Å². The molecule has 0 radical (unpaired) electrons. The molecular formula is C32H33Cl2N5O2. The van der Waals surface area contributed by atoms with Crippen LogP contribution in [-0.2, 0) is 16.0 Å². The highest BCUT2D eigenvalue weighted by molar-refractivity contribution is 6.42. The molecule has 2 amide bonds. The van der Waals surface area contributed by atoms with Crippen LogP contribution in [0.4, 0.5) is 0 Å². The van der Waals surface area contributed by atoms with Gasteiger partial charge in [-0.25, -0.2) is 4.68 Å². The number of nitrogens with zero attached hydrogens (tertiary/aromatic N) is 3. The van der Waals surface area contributed by atoms with Gasteiger partial charge >= 0.3 is 0 Å². The van der Waals surface area contributed by atoms with Crippen molar-refractivity contribution in [3.63, 3.8) is 0 Å². The van der Waals surface area contributed by atoms with Crippen LogP contribution < -0.4 is 11.1 Å². The molecule has 212 valence electrons. The molecule has 9 heteroatoms. The van der Waals surface area contributed by atoms with Crippen LogP contribution >= 0.6 is 23.2 Å². The standard InChI is InChI=1S/C32H33Cl2N5O2/c1-31(2)22(15-29(40)37-32(3,30(35)41)18-20-8-5-4-6-9-20)14-24(31)28-17-27(21-10-7-13-36-19-21)38-39(28)23-11-12-25(33)26(34)16-23/h4-13,16-17,19,22,24H,14-15,18H2,1-3H3,(H2,35,41)(H,37,40). The third kappa shape index (κ3) is 5.88. The zero-order chi connectivity index (χ0) is 29.4. The Bertz CT molecular complexity index is 1570. The Labute approximate surface area is 250 Å². The summed E-state index contributed by atoms with van der Waals surface area (Å²) in [5.41, 5.74) is 8.81. The van der Waals surface area contributed by atoms with Crippen LogP contribution in [0.15, 0.2) is 79.1 Å². The van der Waals surface area contributed by atoms with Gasteiger partial charge in [0.05, 0.1) is 21.4 Å². The number of carbonyl (C=O) groups is 2. The SMILES string of the molecule is CC(Cc1ccccc1)(NC(=O)CC1CC(c2cc(-c3cccnc3)nn2-c2ccc(Cl)c(Cl)c2)C1(C)C)C(N)=O. The fourth-order valence-electron chi connectivity index (χ4n) is 5.77. The van der Waals surface area contributed by atoms with E-state index in [2.05, 4.69) is 30.2 Å². The van der Waals surface area contributed by atoms with E-state index in [1.165, 1.54) is 0 Å². The van der Waals surface area contributed by atoms with Crippen molar-refractivity contribution in [3.8, 4) is 16.9 Å². The fraction of sp³-hybridized carbons (Fsp3) is 0.312. The number of hydrogen-bond donors (Lipinski definition) is 2. The van der Waals surface area contributed by atoms with Gasteiger partial charge in [-0.3, -0.25) is 14.6 Å². The van der Waals surface area contributed by atoms with Gasteiger partial charge in [0.1, 0.15) is 5.54 Å². The Morgan fingerprint density at radius 1 is 1.07 bits per heavy atom. The molecule has 0 aliphatic heterocycles. The summed E-state index contributed by atoms with van der Waals surface area (Å²) in [7, 11) is 0. The summed E-state index contributed by atoms with van der Waals surface area (Å²) in [5.74, 6) is -0.526. The van der Waals surface area contributed by atoms with Crippen molar-refractivity contribution in [1.29, 1.82) is 0 Å². The first kappa shape index (κ1) is 28.8. The van der Waals surface area contributed by atoms with Crippen LogP contribution in [0.25, 0.3) is 16.9 Å². The van der Waals surface area contributed by atoms with Crippen molar-refractivity contribution in [2.45, 2.75) is 51.5 Å². The van der Waals surface area contributed by atoms with E-state index < -0.39 is 11.4 Å². The van der Waals surface area contributed by atoms with E-state index in [1.807, 2.05) is 53.2 Å². The maximum Gasteiger partial charge on any atom is 0.243 e. The fourth-order valence-corrected chi connectivity index (χ4v) is 6.06. The largest absolute Gasteiger partial charge is 0.368 e. The smallest absolute Gasteiger partial charge is 0.243 e. The van der Waals surface area contributed by atoms with Gasteiger partial charge in [-0.15, -0.1) is 0 Å². The lowest BCUT2D eigenvalue weighted by molar-refractivity contribution is -0.133. The molecule has 2 aromatic heterocycles. The molecule has 1 aliphatic rings. The third-order valence-corrected chi connectivity index (χ3v) is 9.20. The number of nitrogens with one attached hydrogen (secondary N) is 1. The van der Waals surface area contributed by atoms with Crippen LogP contribution in [0.5, 0.6) is 0 Å². The number of halogens is 2. The summed E-state index contributed by atoms with van der Waals surface area (Å²) in [6, 6.07) is 21.0. The molecular weight excluding hydrogens is 557 g/mol. The number of carbonyl (C=O) groups excluding carboxylic acids is 2. The van der Waals surface area contributed by atoms with Crippen LogP contribution in [0.2, 0.25) is 10.0 Å². The molecule has 1 saturated carbocycles. The van der Waals surface area contributed by atoms with Crippen LogP contribution in [0.3, 0.4) is 0 Å². The second-order valence-electron chi connectivity index (χ2n) is 11.6. The van der Waals surface area contributed by atoms with E-state index in [1.54, 1.807) is 31.5 Å². The minimum atomic E-state index is -1.18. The molecule has 1 aliphatic carbocycles. The van der Waals surface area contributed by atoms with Crippen molar-refractivity contribution < 1.29 is 9.59 Å². The molecule has 4 aromatic rings. The number of hydrogen-bond acceptors (Lipinski definition) is 4. The Morgan fingerprint density at radius 3 is 2.46 bits per heavy atom. The lowest BCUT2D eigenvalue weighted by atomic mass is 9.52. The predicted octanol–water partition coefficient (Wildman–Crippen LogP) is 6.36. The average Bonchev–Trinajstić information content (AvgIpc) is 3.37. The van der Waals surface area contributed by atoms with Crippen LogP contribution in [0, 0.1) is 11.3 Å². The Balaban J connectivity index is 1.37. The monoisotopic (exact) mass is 589 g/mol. The molecule has 1 fully saturated rings. The van der Waals surface area contributed by atoms with E-state index >= 15 is 0 Å². The molecule has 5 rings (SSSR count). The zero-order valence-electron chi connectivity index (χ0n) is 23.3. The minimum Gasteiger partial charge on any atom is -0.368 e. The van der Waals surface area contributed by atoms with Gasteiger partial charge in [0.15, 0.2) is 0 Å². The van der Waals surface area contributed by atoms with Crippen LogP contribution in [-0.4, -0.2) is 32.1 Å². The predicted molar refractivity (Wildman–Crippen MR) is 162 cm³/mol. The van der Waals surface area contributed by atoms with Crippen molar-refractivity contribution in [2.75, 3.05) is 0 Å². The van der Waals surface area contributed by atoms with Crippen molar-refractivity contribution in [1.82, 2.24) is 20.1 Å². The summed E-state index contributed by atoms with van der Waals surface area (Å²) in [6.07, 6.45) is 4.92. The van der Waals surface area contributed by atoms with Gasteiger partial charge in [-0.1, -0.05) is 67.4 Å². The highest BCUT2D eigenvalue weighted by Gasteiger charge is 2.51. The first-order chi connectivity index (χ1) is 19.5. The highest BCUT2D eigenvalue weighted by Crippen LogP contribution is 2.58. The molecule has 0 saturated heterocycles. The molecule has 3 N–H and O–H groups in total. The molecule has 3 atom stereocenters. The maximum atomic E-state index is 13.3. The number of amides is 2. The van der Waals surface area contributed by atoms with Gasteiger partial charge in [0, 0.05) is 42.4 Å². The molecule has 2 aromatic carbocycles. The van der Waals surface area contributed by atoms with Crippen molar-refractivity contribution >= 4 is 35.0 Å². The number of benzene rings is 2. The van der Waals surface area contributed by atoms with Crippen molar-refractivity contribution in [3.05, 3.63) is 100 Å². The molecule has 7 nitrogen and oxygen atoms in total. The van der Waals surface area contributed by atoms with Gasteiger partial charge < -0.3 is 11.1 Å². The normalized spacial score (nSPS) is 19.1. The number of pyridine rings is 1. The maximum absolute atomic E-state index is 13.3. The second-order valence-corrected chi connectivity index (χ2v) is 12.4. The summed E-state index contributed by atoms with van der Waals surface area (Å²) >= 11 is 12.6. The van der Waals surface area contributed by atoms with Gasteiger partial charge in [-0.05, 0) is 66.6 Å². The van der Waals surface area contributed by atoms with E-state index in [4.69, 9.17) is 34.0 Å². The Morgan fingerprint density at radius 2 is 1.83 bits per heavy atom. The lowest BCUT2D eigenvalue weighted by Gasteiger charge is -2.52. The summed E-state index contributed by atoms with van der Waals surface area (Å²) < 4.78 is 1.91. The summed E-state index contributed by atoms with van der Waals surface area (Å²) in [5, 5.41) is 8.79. The highest BCUT2D eigenvalue weighted by atomic mass is 35.5. The van der Waals surface area contributed by atoms with E-state index in [0.29, 0.717) is 16.5 Å². The first-order valence-electron chi connectivity index (χ1n) is 13.6. The van der Waals surface area contributed by atoms with Gasteiger partial charge in [-0.2, -0.15) is 5.10 Å². The van der Waals surface area contributed by atoms with Gasteiger partial charge in [0.2, 0.25) is 11.8 Å².